The molecule has 1 aromatic carbocycles. The van der Waals surface area contributed by atoms with Crippen LogP contribution in [-0.2, 0) is 4.74 Å². The van der Waals surface area contributed by atoms with Crippen LogP contribution in [0.15, 0.2) is 18.2 Å². The van der Waals surface area contributed by atoms with Gasteiger partial charge in [0.05, 0.1) is 6.61 Å². The van der Waals surface area contributed by atoms with Gasteiger partial charge in [0.2, 0.25) is 0 Å². The van der Waals surface area contributed by atoms with E-state index in [9.17, 15) is 17.6 Å². The molecule has 0 amide bonds. The number of alkyl halides is 3. The fourth-order valence-corrected chi connectivity index (χ4v) is 1.36. The standard InChI is InChI=1S/C11H11F4NO2S/c12-9-5-7(1-2-8(9)10(16)19)18-4-3-17-6-11(13,14)15/h1-2,5H,3-4,6H2,(H2,16,19). The Kier molecular flexibility index (Phi) is 5.49. The third kappa shape index (κ3) is 5.84. The lowest BCUT2D eigenvalue weighted by atomic mass is 10.2. The van der Waals surface area contributed by atoms with Crippen LogP contribution in [0.3, 0.4) is 0 Å². The fraction of sp³-hybridized carbons (Fsp3) is 0.364. The van der Waals surface area contributed by atoms with Gasteiger partial charge in [0.1, 0.15) is 29.8 Å². The SMILES string of the molecule is NC(=S)c1ccc(OCCOCC(F)(F)F)cc1F. The molecule has 0 unspecified atom stereocenters. The van der Waals surface area contributed by atoms with Crippen LogP contribution in [0.4, 0.5) is 17.6 Å². The molecule has 0 atom stereocenters. The first-order chi connectivity index (χ1) is 8.79. The highest BCUT2D eigenvalue weighted by atomic mass is 32.1. The predicted octanol–water partition coefficient (Wildman–Crippen LogP) is 2.42. The van der Waals surface area contributed by atoms with Crippen molar-refractivity contribution in [1.82, 2.24) is 0 Å². The van der Waals surface area contributed by atoms with E-state index in [2.05, 4.69) is 17.0 Å². The second-order valence-corrected chi connectivity index (χ2v) is 3.96. The number of rotatable bonds is 6. The third-order valence-electron chi connectivity index (χ3n) is 1.97. The van der Waals surface area contributed by atoms with E-state index in [1.165, 1.54) is 12.1 Å². The average molecular weight is 297 g/mol. The largest absolute Gasteiger partial charge is 0.491 e. The van der Waals surface area contributed by atoms with Gasteiger partial charge < -0.3 is 15.2 Å². The minimum absolute atomic E-state index is 0.0793. The molecule has 0 bridgehead atoms. The van der Waals surface area contributed by atoms with Gasteiger partial charge in [0.15, 0.2) is 0 Å². The summed E-state index contributed by atoms with van der Waals surface area (Å²) in [4.78, 5) is -0.0856. The number of halogens is 4. The number of hydrogen-bond acceptors (Lipinski definition) is 3. The molecule has 0 heterocycles. The lowest BCUT2D eigenvalue weighted by Gasteiger charge is -2.09. The average Bonchev–Trinajstić information content (AvgIpc) is 2.26. The Bertz CT molecular complexity index is 451. The van der Waals surface area contributed by atoms with Gasteiger partial charge in [-0.2, -0.15) is 13.2 Å². The van der Waals surface area contributed by atoms with Crippen molar-refractivity contribution < 1.29 is 27.0 Å². The summed E-state index contributed by atoms with van der Waals surface area (Å²) in [6, 6.07) is 3.81. The second-order valence-electron chi connectivity index (χ2n) is 3.52. The van der Waals surface area contributed by atoms with Crippen LogP contribution in [0.2, 0.25) is 0 Å². The molecule has 0 spiro atoms. The van der Waals surface area contributed by atoms with E-state index in [4.69, 9.17) is 10.5 Å². The van der Waals surface area contributed by atoms with Gasteiger partial charge in [0, 0.05) is 11.6 Å². The molecule has 0 aliphatic rings. The van der Waals surface area contributed by atoms with Crippen molar-refractivity contribution >= 4 is 17.2 Å². The van der Waals surface area contributed by atoms with Crippen LogP contribution in [0.1, 0.15) is 5.56 Å². The van der Waals surface area contributed by atoms with Crippen LogP contribution in [0, 0.1) is 5.82 Å². The molecule has 0 aliphatic heterocycles. The molecule has 19 heavy (non-hydrogen) atoms. The number of hydrogen-bond donors (Lipinski definition) is 1. The Hall–Kier alpha value is -1.41. The zero-order valence-corrected chi connectivity index (χ0v) is 10.5. The van der Waals surface area contributed by atoms with Crippen molar-refractivity contribution in [3.8, 4) is 5.75 Å². The van der Waals surface area contributed by atoms with Crippen LogP contribution in [0.25, 0.3) is 0 Å². The summed E-state index contributed by atoms with van der Waals surface area (Å²) in [6.07, 6.45) is -4.37. The highest BCUT2D eigenvalue weighted by Gasteiger charge is 2.27. The first kappa shape index (κ1) is 15.6. The van der Waals surface area contributed by atoms with Crippen molar-refractivity contribution in [2.75, 3.05) is 19.8 Å². The quantitative estimate of drug-likeness (QED) is 0.497. The molecule has 0 saturated heterocycles. The van der Waals surface area contributed by atoms with E-state index in [0.717, 1.165) is 6.07 Å². The molecule has 8 heteroatoms. The Morgan fingerprint density at radius 1 is 1.26 bits per heavy atom. The summed E-state index contributed by atoms with van der Waals surface area (Å²) in [7, 11) is 0. The van der Waals surface area contributed by atoms with Crippen molar-refractivity contribution in [2.24, 2.45) is 5.73 Å². The van der Waals surface area contributed by atoms with Gasteiger partial charge in [-0.25, -0.2) is 4.39 Å². The van der Waals surface area contributed by atoms with Gasteiger partial charge in [-0.1, -0.05) is 12.2 Å². The molecule has 0 aliphatic carbocycles. The Morgan fingerprint density at radius 2 is 1.95 bits per heavy atom. The zero-order chi connectivity index (χ0) is 14.5. The molecule has 3 nitrogen and oxygen atoms in total. The molecule has 0 aromatic heterocycles. The Balaban J connectivity index is 2.38. The maximum atomic E-state index is 13.4. The maximum absolute atomic E-state index is 13.4. The summed E-state index contributed by atoms with van der Waals surface area (Å²) in [6.45, 7) is -1.72. The second kappa shape index (κ2) is 6.67. The fourth-order valence-electron chi connectivity index (χ4n) is 1.19. The van der Waals surface area contributed by atoms with Crippen molar-refractivity contribution in [1.29, 1.82) is 0 Å². The van der Waals surface area contributed by atoms with Gasteiger partial charge in [-0.05, 0) is 12.1 Å². The summed E-state index contributed by atoms with van der Waals surface area (Å²) >= 11 is 4.62. The van der Waals surface area contributed by atoms with E-state index < -0.39 is 18.6 Å². The normalized spacial score (nSPS) is 11.4. The minimum Gasteiger partial charge on any atom is -0.491 e. The van der Waals surface area contributed by atoms with E-state index in [1.54, 1.807) is 0 Å². The number of ether oxygens (including phenoxy) is 2. The van der Waals surface area contributed by atoms with Gasteiger partial charge in [0.25, 0.3) is 0 Å². The molecule has 2 N–H and O–H groups in total. The number of nitrogens with two attached hydrogens (primary N) is 1. The molecule has 1 rings (SSSR count). The monoisotopic (exact) mass is 297 g/mol. The lowest BCUT2D eigenvalue weighted by Crippen LogP contribution is -2.19. The maximum Gasteiger partial charge on any atom is 0.411 e. The van der Waals surface area contributed by atoms with Gasteiger partial charge in [-0.3, -0.25) is 0 Å². The van der Waals surface area contributed by atoms with Crippen LogP contribution in [-0.4, -0.2) is 31.0 Å². The first-order valence-corrected chi connectivity index (χ1v) is 5.57. The smallest absolute Gasteiger partial charge is 0.411 e. The van der Waals surface area contributed by atoms with Crippen molar-refractivity contribution in [3.63, 3.8) is 0 Å². The highest BCUT2D eigenvalue weighted by molar-refractivity contribution is 7.80. The molecule has 0 saturated carbocycles. The number of thiocarbonyl (C=S) groups is 1. The molecule has 1 aromatic rings. The van der Waals surface area contributed by atoms with Crippen LogP contribution >= 0.6 is 12.2 Å². The van der Waals surface area contributed by atoms with Gasteiger partial charge >= 0.3 is 6.18 Å². The Labute approximate surface area is 112 Å². The molecular weight excluding hydrogens is 286 g/mol. The van der Waals surface area contributed by atoms with E-state index >= 15 is 0 Å². The molecule has 106 valence electrons. The molecule has 0 radical (unpaired) electrons. The topological polar surface area (TPSA) is 44.5 Å². The lowest BCUT2D eigenvalue weighted by molar-refractivity contribution is -0.175. The van der Waals surface area contributed by atoms with Crippen LogP contribution < -0.4 is 10.5 Å². The number of benzene rings is 1. The van der Waals surface area contributed by atoms with Crippen LogP contribution in [0.5, 0.6) is 5.75 Å². The van der Waals surface area contributed by atoms with E-state index in [-0.39, 0.29) is 29.5 Å². The Morgan fingerprint density at radius 3 is 2.47 bits per heavy atom. The third-order valence-corrected chi connectivity index (χ3v) is 2.19. The summed E-state index contributed by atoms with van der Waals surface area (Å²) in [5.41, 5.74) is 5.35. The molecular formula is C11H11F4NO2S. The van der Waals surface area contributed by atoms with Crippen molar-refractivity contribution in [2.45, 2.75) is 6.18 Å². The summed E-state index contributed by atoms with van der Waals surface area (Å²) < 4.78 is 58.0. The summed E-state index contributed by atoms with van der Waals surface area (Å²) in [5.74, 6) is -0.491. The zero-order valence-electron chi connectivity index (χ0n) is 9.67. The minimum atomic E-state index is -4.37. The predicted molar refractivity (Wildman–Crippen MR) is 64.7 cm³/mol. The van der Waals surface area contributed by atoms with E-state index in [0.29, 0.717) is 0 Å². The van der Waals surface area contributed by atoms with Crippen molar-refractivity contribution in [3.05, 3.63) is 29.6 Å². The summed E-state index contributed by atoms with van der Waals surface area (Å²) in [5, 5.41) is 0. The van der Waals surface area contributed by atoms with E-state index in [1.807, 2.05) is 0 Å². The first-order valence-electron chi connectivity index (χ1n) is 5.16. The highest BCUT2D eigenvalue weighted by Crippen LogP contribution is 2.17. The molecule has 0 fully saturated rings. The van der Waals surface area contributed by atoms with Gasteiger partial charge in [-0.15, -0.1) is 0 Å².